The summed E-state index contributed by atoms with van der Waals surface area (Å²) < 4.78 is 1.45. The van der Waals surface area contributed by atoms with E-state index in [-0.39, 0.29) is 30.5 Å². The van der Waals surface area contributed by atoms with Gasteiger partial charge in [-0.15, -0.1) is 0 Å². The second kappa shape index (κ2) is 15.7. The van der Waals surface area contributed by atoms with Crippen LogP contribution in [-0.4, -0.2) is 70.9 Å². The largest absolute Gasteiger partial charge is 0.361 e. The van der Waals surface area contributed by atoms with Gasteiger partial charge in [-0.05, 0) is 84.9 Å². The predicted molar refractivity (Wildman–Crippen MR) is 200 cm³/mol. The number of fused-ring (bicyclic) bond motifs is 1. The Hall–Kier alpha value is -6.04. The zero-order chi connectivity index (χ0) is 35.9. The molecule has 0 fully saturated rings. The third kappa shape index (κ3) is 8.58. The summed E-state index contributed by atoms with van der Waals surface area (Å²) in [4.78, 5) is 60.6. The molecule has 0 bridgehead atoms. The van der Waals surface area contributed by atoms with Crippen molar-refractivity contribution in [2.45, 2.75) is 6.54 Å². The van der Waals surface area contributed by atoms with Gasteiger partial charge in [0.2, 0.25) is 0 Å². The van der Waals surface area contributed by atoms with E-state index in [9.17, 15) is 19.2 Å². The lowest BCUT2D eigenvalue weighted by molar-refractivity contribution is -0.110. The van der Waals surface area contributed by atoms with Gasteiger partial charge < -0.3 is 30.4 Å². The molecule has 12 heteroatoms. The zero-order valence-electron chi connectivity index (χ0n) is 28.1. The first-order chi connectivity index (χ1) is 24.6. The molecule has 258 valence electrons. The summed E-state index contributed by atoms with van der Waals surface area (Å²) in [7, 11) is 3.91. The van der Waals surface area contributed by atoms with Crippen molar-refractivity contribution in [2.24, 2.45) is 0 Å². The fourth-order valence-electron chi connectivity index (χ4n) is 5.58. The number of carbonyl (C=O) groups excluding carboxylic acids is 3. The van der Waals surface area contributed by atoms with Crippen LogP contribution in [0.5, 0.6) is 0 Å². The normalized spacial score (nSPS) is 13.1. The fourth-order valence-corrected chi connectivity index (χ4v) is 5.70. The Morgan fingerprint density at radius 3 is 2.63 bits per heavy atom. The quantitative estimate of drug-likeness (QED) is 0.105. The minimum absolute atomic E-state index is 0.0358. The molecule has 0 unspecified atom stereocenters. The topological polar surface area (TPSA) is 141 Å². The van der Waals surface area contributed by atoms with Crippen LogP contribution in [0.1, 0.15) is 43.1 Å². The molecule has 6 rings (SSSR count). The van der Waals surface area contributed by atoms with E-state index >= 15 is 0 Å². The number of nitrogens with one attached hydrogen (secondary N) is 4. The molecule has 4 heterocycles. The third-order valence-electron chi connectivity index (χ3n) is 8.23. The van der Waals surface area contributed by atoms with E-state index in [1.54, 1.807) is 48.8 Å². The van der Waals surface area contributed by atoms with Gasteiger partial charge in [0.05, 0.1) is 12.1 Å². The fraction of sp³-hybridized carbons (Fsp3) is 0.154. The number of hydrogen-bond donors (Lipinski definition) is 4. The SMILES string of the molecule is CN(C)CCNC(=O)c1cccc(-c2c[nH]c(/C=C3/C(=O)Nc4cc(/C=C/CNC(=O)c5cccn(Cc6ccc(Cl)nc6)c5=O)ccc43)c2)c1. The van der Waals surface area contributed by atoms with Crippen molar-refractivity contribution >= 4 is 52.7 Å². The number of aromatic nitrogens is 3. The average molecular weight is 702 g/mol. The molecule has 0 atom stereocenters. The first-order valence-corrected chi connectivity index (χ1v) is 16.7. The van der Waals surface area contributed by atoms with E-state index in [1.807, 2.05) is 73.7 Å². The van der Waals surface area contributed by atoms with Crippen molar-refractivity contribution in [1.29, 1.82) is 0 Å². The lowest BCUT2D eigenvalue weighted by atomic mass is 10.0. The van der Waals surface area contributed by atoms with E-state index < -0.39 is 11.5 Å². The number of pyridine rings is 2. The maximum absolute atomic E-state index is 13.0. The smallest absolute Gasteiger partial charge is 0.263 e. The maximum Gasteiger partial charge on any atom is 0.263 e. The molecule has 0 spiro atoms. The second-order valence-corrected chi connectivity index (χ2v) is 12.6. The Balaban J connectivity index is 1.07. The molecule has 0 saturated heterocycles. The first kappa shape index (κ1) is 34.8. The molecule has 1 aliphatic rings. The molecule has 0 saturated carbocycles. The van der Waals surface area contributed by atoms with Crippen LogP contribution in [0.3, 0.4) is 0 Å². The van der Waals surface area contributed by atoms with Gasteiger partial charge in [0, 0.05) is 60.7 Å². The Labute approximate surface area is 299 Å². The summed E-state index contributed by atoms with van der Waals surface area (Å²) in [5.41, 5.74) is 6.31. The molecular weight excluding hydrogens is 666 g/mol. The Morgan fingerprint density at radius 2 is 1.82 bits per heavy atom. The number of aromatic amines is 1. The highest BCUT2D eigenvalue weighted by molar-refractivity contribution is 6.35. The van der Waals surface area contributed by atoms with Crippen LogP contribution < -0.4 is 21.5 Å². The van der Waals surface area contributed by atoms with Crippen LogP contribution in [0, 0.1) is 0 Å². The lowest BCUT2D eigenvalue weighted by Crippen LogP contribution is -2.33. The molecule has 0 aliphatic carbocycles. The molecule has 4 N–H and O–H groups in total. The second-order valence-electron chi connectivity index (χ2n) is 12.3. The van der Waals surface area contributed by atoms with Crippen LogP contribution in [0.15, 0.2) is 102 Å². The third-order valence-corrected chi connectivity index (χ3v) is 8.46. The maximum atomic E-state index is 13.0. The van der Waals surface area contributed by atoms with E-state index in [4.69, 9.17) is 11.6 Å². The highest BCUT2D eigenvalue weighted by Crippen LogP contribution is 2.34. The molecule has 51 heavy (non-hydrogen) atoms. The number of carbonyl (C=O) groups is 3. The highest BCUT2D eigenvalue weighted by atomic mass is 35.5. The van der Waals surface area contributed by atoms with Gasteiger partial charge in [0.25, 0.3) is 23.3 Å². The van der Waals surface area contributed by atoms with Crippen molar-refractivity contribution in [3.05, 3.63) is 146 Å². The van der Waals surface area contributed by atoms with Crippen molar-refractivity contribution in [3.63, 3.8) is 0 Å². The summed E-state index contributed by atoms with van der Waals surface area (Å²) in [6.45, 7) is 1.77. The van der Waals surface area contributed by atoms with E-state index in [1.165, 1.54) is 10.6 Å². The van der Waals surface area contributed by atoms with Crippen LogP contribution in [0.25, 0.3) is 28.9 Å². The van der Waals surface area contributed by atoms with E-state index in [0.717, 1.165) is 40.1 Å². The molecule has 5 aromatic rings. The van der Waals surface area contributed by atoms with Gasteiger partial charge in [0.1, 0.15) is 10.7 Å². The number of rotatable bonds is 12. The molecular formula is C39H36ClN7O4. The zero-order valence-corrected chi connectivity index (χ0v) is 28.8. The van der Waals surface area contributed by atoms with E-state index in [2.05, 4.69) is 25.9 Å². The van der Waals surface area contributed by atoms with Crippen molar-refractivity contribution in [1.82, 2.24) is 30.1 Å². The molecule has 11 nitrogen and oxygen atoms in total. The summed E-state index contributed by atoms with van der Waals surface area (Å²) in [6, 6.07) is 21.6. The lowest BCUT2D eigenvalue weighted by Gasteiger charge is -2.10. The molecule has 3 aromatic heterocycles. The number of anilines is 1. The van der Waals surface area contributed by atoms with Gasteiger partial charge >= 0.3 is 0 Å². The minimum atomic E-state index is -0.481. The standard InChI is InChI=1S/C39H36ClN7O4/c1-46(2)17-15-42-36(48)28-8-3-7-27(19-28)29-20-30(43-23-29)21-33-31-12-10-25(18-34(31)45-38(33)50)6-4-14-41-37(49)32-9-5-16-47(39(32)51)24-26-11-13-35(40)44-22-26/h3-13,16,18-23,43H,14-15,17,24H2,1-2H3,(H,41,49)(H,42,48)(H,45,50)/b6-4+,33-21+. The van der Waals surface area contributed by atoms with Gasteiger partial charge in [-0.25, -0.2) is 4.98 Å². The number of nitrogens with zero attached hydrogens (tertiary/aromatic N) is 3. The van der Waals surface area contributed by atoms with Gasteiger partial charge in [-0.3, -0.25) is 19.2 Å². The molecule has 0 radical (unpaired) electrons. The Bertz CT molecular complexity index is 2220. The van der Waals surface area contributed by atoms with Gasteiger partial charge in [0.15, 0.2) is 0 Å². The van der Waals surface area contributed by atoms with Gasteiger partial charge in [-0.2, -0.15) is 0 Å². The van der Waals surface area contributed by atoms with Gasteiger partial charge in [-0.1, -0.05) is 54.1 Å². The Kier molecular flexibility index (Phi) is 10.7. The summed E-state index contributed by atoms with van der Waals surface area (Å²) >= 11 is 5.85. The van der Waals surface area contributed by atoms with Crippen LogP contribution in [0.4, 0.5) is 5.69 Å². The average Bonchev–Trinajstić information content (AvgIpc) is 3.72. The van der Waals surface area contributed by atoms with E-state index in [0.29, 0.717) is 28.5 Å². The number of likely N-dealkylation sites (N-methyl/N-ethyl adjacent to an activating group) is 1. The molecule has 3 amide bonds. The van der Waals surface area contributed by atoms with Crippen molar-refractivity contribution < 1.29 is 14.4 Å². The number of benzene rings is 2. The predicted octanol–water partition coefficient (Wildman–Crippen LogP) is 5.17. The molecule has 2 aromatic carbocycles. The number of hydrogen-bond acceptors (Lipinski definition) is 6. The summed E-state index contributed by atoms with van der Waals surface area (Å²) in [5.74, 6) is -0.824. The Morgan fingerprint density at radius 1 is 0.961 bits per heavy atom. The number of halogens is 1. The summed E-state index contributed by atoms with van der Waals surface area (Å²) in [5, 5.41) is 8.99. The number of H-pyrrole nitrogens is 1. The minimum Gasteiger partial charge on any atom is -0.361 e. The summed E-state index contributed by atoms with van der Waals surface area (Å²) in [6.07, 6.45) is 10.5. The first-order valence-electron chi connectivity index (χ1n) is 16.3. The van der Waals surface area contributed by atoms with Crippen LogP contribution >= 0.6 is 11.6 Å². The number of amides is 3. The van der Waals surface area contributed by atoms with Crippen molar-refractivity contribution in [2.75, 3.05) is 39.0 Å². The monoisotopic (exact) mass is 701 g/mol. The van der Waals surface area contributed by atoms with Crippen LogP contribution in [0.2, 0.25) is 5.15 Å². The van der Waals surface area contributed by atoms with Crippen molar-refractivity contribution in [3.8, 4) is 11.1 Å². The van der Waals surface area contributed by atoms with Crippen LogP contribution in [-0.2, 0) is 11.3 Å². The molecule has 1 aliphatic heterocycles. The highest BCUT2D eigenvalue weighted by Gasteiger charge is 2.24.